The lowest BCUT2D eigenvalue weighted by atomic mass is 10.1. The number of halogens is 2. The molecule has 0 unspecified atom stereocenters. The Labute approximate surface area is 187 Å². The summed E-state index contributed by atoms with van der Waals surface area (Å²) in [6.07, 6.45) is 3.22. The van der Waals surface area contributed by atoms with Crippen molar-refractivity contribution in [2.24, 2.45) is 0 Å². The van der Waals surface area contributed by atoms with Crippen molar-refractivity contribution in [2.75, 3.05) is 31.5 Å². The monoisotopic (exact) mass is 447 g/mol. The molecule has 1 saturated heterocycles. The molecule has 0 radical (unpaired) electrons. The summed E-state index contributed by atoms with van der Waals surface area (Å²) < 4.78 is 0. The summed E-state index contributed by atoms with van der Waals surface area (Å²) in [6.45, 7) is 5.48. The molecular weight excluding hydrogens is 421 g/mol. The molecule has 0 bridgehead atoms. The van der Waals surface area contributed by atoms with Crippen molar-refractivity contribution in [3.63, 3.8) is 0 Å². The van der Waals surface area contributed by atoms with Crippen molar-refractivity contribution in [3.05, 3.63) is 63.6 Å². The highest BCUT2D eigenvalue weighted by molar-refractivity contribution is 6.35. The molecule has 1 aliphatic heterocycles. The van der Waals surface area contributed by atoms with Gasteiger partial charge < -0.3 is 10.2 Å². The van der Waals surface area contributed by atoms with Crippen LogP contribution < -0.4 is 5.32 Å². The predicted octanol–water partition coefficient (Wildman–Crippen LogP) is 5.08. The molecule has 1 aliphatic rings. The SMILES string of the molecule is CCCN(CC(=O)Nc1cc(Cl)ccc1Cl)C(=O)c1cccc(CN2CCCC2)c1. The minimum absolute atomic E-state index is 0.0497. The molecular formula is C23H27Cl2N3O2. The summed E-state index contributed by atoms with van der Waals surface area (Å²) in [5.74, 6) is -0.457. The van der Waals surface area contributed by atoms with Crippen molar-refractivity contribution in [1.29, 1.82) is 0 Å². The van der Waals surface area contributed by atoms with Gasteiger partial charge in [-0.3, -0.25) is 14.5 Å². The third-order valence-corrected chi connectivity index (χ3v) is 5.66. The van der Waals surface area contributed by atoms with Crippen LogP contribution in [-0.2, 0) is 11.3 Å². The topological polar surface area (TPSA) is 52.7 Å². The lowest BCUT2D eigenvalue weighted by Gasteiger charge is -2.22. The molecule has 0 aromatic heterocycles. The highest BCUT2D eigenvalue weighted by Gasteiger charge is 2.20. The Kier molecular flexibility index (Phi) is 8.14. The second-order valence-corrected chi connectivity index (χ2v) is 8.43. The maximum atomic E-state index is 13.1. The molecule has 2 amide bonds. The Morgan fingerprint density at radius 3 is 2.60 bits per heavy atom. The Balaban J connectivity index is 1.68. The van der Waals surface area contributed by atoms with Gasteiger partial charge in [0.05, 0.1) is 10.7 Å². The first kappa shape index (κ1) is 22.6. The van der Waals surface area contributed by atoms with Crippen LogP contribution in [0.4, 0.5) is 5.69 Å². The van der Waals surface area contributed by atoms with Gasteiger partial charge in [0, 0.05) is 23.7 Å². The van der Waals surface area contributed by atoms with Gasteiger partial charge >= 0.3 is 0 Å². The van der Waals surface area contributed by atoms with Crippen LogP contribution in [0.25, 0.3) is 0 Å². The van der Waals surface area contributed by atoms with Gasteiger partial charge in [-0.1, -0.05) is 42.3 Å². The first-order chi connectivity index (χ1) is 14.5. The summed E-state index contributed by atoms with van der Waals surface area (Å²) in [4.78, 5) is 29.7. The van der Waals surface area contributed by atoms with Crippen LogP contribution in [0.5, 0.6) is 0 Å². The number of nitrogens with zero attached hydrogens (tertiary/aromatic N) is 2. The van der Waals surface area contributed by atoms with E-state index in [0.717, 1.165) is 31.6 Å². The number of rotatable bonds is 8. The molecule has 160 valence electrons. The molecule has 7 heteroatoms. The van der Waals surface area contributed by atoms with E-state index in [2.05, 4.69) is 10.2 Å². The lowest BCUT2D eigenvalue weighted by molar-refractivity contribution is -0.116. The van der Waals surface area contributed by atoms with Crippen LogP contribution in [0.1, 0.15) is 42.1 Å². The molecule has 1 fully saturated rings. The van der Waals surface area contributed by atoms with Gasteiger partial charge in [-0.15, -0.1) is 0 Å². The fourth-order valence-corrected chi connectivity index (χ4v) is 4.00. The van der Waals surface area contributed by atoms with E-state index in [1.54, 1.807) is 23.1 Å². The second kappa shape index (κ2) is 10.8. The summed E-state index contributed by atoms with van der Waals surface area (Å²) in [5, 5.41) is 3.63. The molecule has 0 saturated carbocycles. The van der Waals surface area contributed by atoms with E-state index in [1.165, 1.54) is 12.8 Å². The standard InChI is InChI=1S/C23H27Cl2N3O2/c1-2-10-28(16-22(29)26-21-14-19(24)8-9-20(21)25)23(30)18-7-5-6-17(13-18)15-27-11-3-4-12-27/h5-9,13-14H,2-4,10-12,15-16H2,1H3,(H,26,29). The number of carbonyl (C=O) groups excluding carboxylic acids is 2. The Morgan fingerprint density at radius 1 is 1.10 bits per heavy atom. The van der Waals surface area contributed by atoms with Crippen molar-refractivity contribution in [1.82, 2.24) is 9.80 Å². The smallest absolute Gasteiger partial charge is 0.254 e. The summed E-state index contributed by atoms with van der Waals surface area (Å²) >= 11 is 12.1. The van der Waals surface area contributed by atoms with Crippen LogP contribution in [-0.4, -0.2) is 47.8 Å². The van der Waals surface area contributed by atoms with Gasteiger partial charge in [0.25, 0.3) is 5.91 Å². The quantitative estimate of drug-likeness (QED) is 0.613. The molecule has 2 aromatic rings. The largest absolute Gasteiger partial charge is 0.329 e. The zero-order chi connectivity index (χ0) is 21.5. The highest BCUT2D eigenvalue weighted by atomic mass is 35.5. The zero-order valence-corrected chi connectivity index (χ0v) is 18.7. The Hall–Kier alpha value is -2.08. The number of anilines is 1. The predicted molar refractivity (Wildman–Crippen MR) is 122 cm³/mol. The minimum Gasteiger partial charge on any atom is -0.329 e. The van der Waals surface area contributed by atoms with E-state index in [9.17, 15) is 9.59 Å². The Morgan fingerprint density at radius 2 is 1.87 bits per heavy atom. The van der Waals surface area contributed by atoms with Crippen LogP contribution in [0.15, 0.2) is 42.5 Å². The molecule has 1 heterocycles. The number of amides is 2. The van der Waals surface area contributed by atoms with Gasteiger partial charge in [0.1, 0.15) is 6.54 Å². The third kappa shape index (κ3) is 6.21. The maximum absolute atomic E-state index is 13.1. The fraction of sp³-hybridized carbons (Fsp3) is 0.391. The van der Waals surface area contributed by atoms with Crippen molar-refractivity contribution in [2.45, 2.75) is 32.7 Å². The average Bonchev–Trinajstić information content (AvgIpc) is 3.23. The molecule has 0 aliphatic carbocycles. The molecule has 30 heavy (non-hydrogen) atoms. The number of hydrogen-bond donors (Lipinski definition) is 1. The van der Waals surface area contributed by atoms with E-state index in [1.807, 2.05) is 31.2 Å². The molecule has 2 aromatic carbocycles. The van der Waals surface area contributed by atoms with E-state index in [-0.39, 0.29) is 18.4 Å². The molecule has 3 rings (SSSR count). The number of carbonyl (C=O) groups is 2. The first-order valence-corrected chi connectivity index (χ1v) is 11.1. The van der Waals surface area contributed by atoms with Crippen molar-refractivity contribution in [3.8, 4) is 0 Å². The average molecular weight is 448 g/mol. The van der Waals surface area contributed by atoms with Gasteiger partial charge in [0.15, 0.2) is 0 Å². The number of hydrogen-bond acceptors (Lipinski definition) is 3. The molecule has 5 nitrogen and oxygen atoms in total. The summed E-state index contributed by atoms with van der Waals surface area (Å²) in [7, 11) is 0. The van der Waals surface area contributed by atoms with Crippen molar-refractivity contribution >= 4 is 40.7 Å². The summed E-state index contributed by atoms with van der Waals surface area (Å²) in [5.41, 5.74) is 2.16. The van der Waals surface area contributed by atoms with Crippen LogP contribution in [0, 0.1) is 0 Å². The molecule has 1 N–H and O–H groups in total. The highest BCUT2D eigenvalue weighted by Crippen LogP contribution is 2.25. The van der Waals surface area contributed by atoms with Gasteiger partial charge in [-0.05, 0) is 68.2 Å². The van der Waals surface area contributed by atoms with E-state index in [0.29, 0.717) is 27.8 Å². The van der Waals surface area contributed by atoms with E-state index in [4.69, 9.17) is 23.2 Å². The zero-order valence-electron chi connectivity index (χ0n) is 17.2. The maximum Gasteiger partial charge on any atom is 0.254 e. The minimum atomic E-state index is -0.311. The Bertz CT molecular complexity index is 898. The number of likely N-dealkylation sites (tertiary alicyclic amines) is 1. The van der Waals surface area contributed by atoms with Gasteiger partial charge in [-0.2, -0.15) is 0 Å². The van der Waals surface area contributed by atoms with Gasteiger partial charge in [0.2, 0.25) is 5.91 Å². The van der Waals surface area contributed by atoms with Gasteiger partial charge in [-0.25, -0.2) is 0 Å². The van der Waals surface area contributed by atoms with E-state index >= 15 is 0 Å². The lowest BCUT2D eigenvalue weighted by Crippen LogP contribution is -2.38. The molecule has 0 spiro atoms. The van der Waals surface area contributed by atoms with Crippen molar-refractivity contribution < 1.29 is 9.59 Å². The number of benzene rings is 2. The molecule has 0 atom stereocenters. The van der Waals surface area contributed by atoms with Crippen LogP contribution >= 0.6 is 23.2 Å². The summed E-state index contributed by atoms with van der Waals surface area (Å²) in [6, 6.07) is 12.6. The van der Waals surface area contributed by atoms with E-state index < -0.39 is 0 Å². The van der Waals surface area contributed by atoms with Crippen LogP contribution in [0.3, 0.4) is 0 Å². The first-order valence-electron chi connectivity index (χ1n) is 10.3. The third-order valence-electron chi connectivity index (χ3n) is 5.10. The normalized spacial score (nSPS) is 14.0. The number of nitrogens with one attached hydrogen (secondary N) is 1. The fourth-order valence-electron chi connectivity index (χ4n) is 3.66. The second-order valence-electron chi connectivity index (χ2n) is 7.58. The van der Waals surface area contributed by atoms with Crippen LogP contribution in [0.2, 0.25) is 10.0 Å².